The van der Waals surface area contributed by atoms with Gasteiger partial charge >= 0.3 is 12.1 Å². The third kappa shape index (κ3) is 6.82. The number of benzene rings is 1. The van der Waals surface area contributed by atoms with Crippen molar-refractivity contribution in [3.63, 3.8) is 0 Å². The number of hydrogen-bond acceptors (Lipinski definition) is 4. The molecule has 7 nitrogen and oxygen atoms in total. The van der Waals surface area contributed by atoms with E-state index >= 15 is 0 Å². The Balaban J connectivity index is 2.41. The maximum absolute atomic E-state index is 11.9. The molecule has 0 fully saturated rings. The Labute approximate surface area is 135 Å². The zero-order valence-electron chi connectivity index (χ0n) is 13.2. The monoisotopic (exact) mass is 322 g/mol. The molecule has 2 amide bonds. The summed E-state index contributed by atoms with van der Waals surface area (Å²) in [5.41, 5.74) is 0.827. The van der Waals surface area contributed by atoms with Gasteiger partial charge in [-0.3, -0.25) is 4.79 Å². The number of carboxylic acid groups (broad SMARTS) is 1. The van der Waals surface area contributed by atoms with E-state index in [0.29, 0.717) is 12.8 Å². The second kappa shape index (κ2) is 9.45. The van der Waals surface area contributed by atoms with Gasteiger partial charge in [0.05, 0.1) is 0 Å². The van der Waals surface area contributed by atoms with Crippen LogP contribution in [0.15, 0.2) is 30.3 Å². The molecule has 0 bridgehead atoms. The summed E-state index contributed by atoms with van der Waals surface area (Å²) in [5, 5.41) is 13.8. The van der Waals surface area contributed by atoms with E-state index in [0.717, 1.165) is 5.56 Å². The molecule has 0 unspecified atom stereocenters. The van der Waals surface area contributed by atoms with Crippen molar-refractivity contribution in [2.24, 2.45) is 0 Å². The van der Waals surface area contributed by atoms with Crippen LogP contribution in [0.5, 0.6) is 0 Å². The average Bonchev–Trinajstić information content (AvgIpc) is 2.53. The predicted molar refractivity (Wildman–Crippen MR) is 83.7 cm³/mol. The fourth-order valence-electron chi connectivity index (χ4n) is 1.85. The van der Waals surface area contributed by atoms with Crippen molar-refractivity contribution in [3.8, 4) is 0 Å². The van der Waals surface area contributed by atoms with Crippen LogP contribution in [0.2, 0.25) is 0 Å². The van der Waals surface area contributed by atoms with Gasteiger partial charge in [-0.2, -0.15) is 0 Å². The molecule has 3 N–H and O–H groups in total. The first-order chi connectivity index (χ1) is 10.9. The number of rotatable bonds is 8. The fraction of sp³-hybridized carbons (Fsp3) is 0.438. The molecule has 2 atom stereocenters. The first-order valence-electron chi connectivity index (χ1n) is 7.44. The third-order valence-corrected chi connectivity index (χ3v) is 3.13. The number of ether oxygens (including phenoxy) is 1. The highest BCUT2D eigenvalue weighted by Gasteiger charge is 2.23. The van der Waals surface area contributed by atoms with E-state index in [4.69, 9.17) is 9.84 Å². The molecule has 126 valence electrons. The molecule has 1 rings (SSSR count). The zero-order valence-corrected chi connectivity index (χ0v) is 13.2. The molecule has 0 aromatic heterocycles. The minimum Gasteiger partial charge on any atom is -0.480 e. The second-order valence-corrected chi connectivity index (χ2v) is 5.12. The summed E-state index contributed by atoms with van der Waals surface area (Å²) in [6.45, 7) is 3.38. The highest BCUT2D eigenvalue weighted by molar-refractivity contribution is 5.88. The lowest BCUT2D eigenvalue weighted by atomic mass is 10.1. The van der Waals surface area contributed by atoms with Crippen LogP contribution in [0.25, 0.3) is 0 Å². The molecule has 0 spiro atoms. The largest absolute Gasteiger partial charge is 0.480 e. The first-order valence-corrected chi connectivity index (χ1v) is 7.44. The average molecular weight is 322 g/mol. The molecule has 23 heavy (non-hydrogen) atoms. The van der Waals surface area contributed by atoms with Gasteiger partial charge in [0.1, 0.15) is 18.7 Å². The standard InChI is InChI=1S/C16H22N2O5/c1-3-7-13(15(20)21)18-14(19)11(2)17-16(22)23-10-12-8-5-4-6-9-12/h4-6,8-9,11,13H,3,7,10H2,1-2H3,(H,17,22)(H,18,19)(H,20,21)/t11-,13-/m1/s1. The van der Waals surface area contributed by atoms with Gasteiger partial charge in [-0.1, -0.05) is 43.7 Å². The molecular weight excluding hydrogens is 300 g/mol. The summed E-state index contributed by atoms with van der Waals surface area (Å²) in [5.74, 6) is -1.67. The number of hydrogen-bond donors (Lipinski definition) is 3. The lowest BCUT2D eigenvalue weighted by Gasteiger charge is -2.18. The van der Waals surface area contributed by atoms with Gasteiger partial charge in [-0.15, -0.1) is 0 Å². The number of carboxylic acids is 1. The van der Waals surface area contributed by atoms with E-state index in [1.807, 2.05) is 37.3 Å². The summed E-state index contributed by atoms with van der Waals surface area (Å²) < 4.78 is 5.00. The van der Waals surface area contributed by atoms with Gasteiger partial charge in [-0.05, 0) is 18.9 Å². The molecule has 0 aliphatic heterocycles. The van der Waals surface area contributed by atoms with Crippen LogP contribution in [0.4, 0.5) is 4.79 Å². The SMILES string of the molecule is CCC[C@@H](NC(=O)[C@@H](C)NC(=O)OCc1ccccc1)C(=O)O. The number of carbonyl (C=O) groups excluding carboxylic acids is 2. The number of amides is 2. The van der Waals surface area contributed by atoms with Crippen molar-refractivity contribution < 1.29 is 24.2 Å². The summed E-state index contributed by atoms with van der Waals surface area (Å²) >= 11 is 0. The maximum atomic E-state index is 11.9. The van der Waals surface area contributed by atoms with Gasteiger partial charge in [0, 0.05) is 0 Å². The molecular formula is C16H22N2O5. The van der Waals surface area contributed by atoms with Crippen LogP contribution >= 0.6 is 0 Å². The molecule has 0 aliphatic rings. The Bertz CT molecular complexity index is 533. The van der Waals surface area contributed by atoms with Gasteiger partial charge < -0.3 is 20.5 Å². The van der Waals surface area contributed by atoms with Crippen LogP contribution < -0.4 is 10.6 Å². The quantitative estimate of drug-likeness (QED) is 0.675. The number of aliphatic carboxylic acids is 1. The van der Waals surface area contributed by atoms with Gasteiger partial charge in [0.15, 0.2) is 0 Å². The first kappa shape index (κ1) is 18.5. The molecule has 0 saturated heterocycles. The van der Waals surface area contributed by atoms with Crippen molar-refractivity contribution in [3.05, 3.63) is 35.9 Å². The minimum atomic E-state index is -1.10. The molecule has 1 aromatic carbocycles. The van der Waals surface area contributed by atoms with E-state index in [1.165, 1.54) is 6.92 Å². The van der Waals surface area contributed by atoms with Crippen LogP contribution in [0.3, 0.4) is 0 Å². The van der Waals surface area contributed by atoms with Crippen molar-refractivity contribution in [1.82, 2.24) is 10.6 Å². The Morgan fingerprint density at radius 1 is 1.17 bits per heavy atom. The van der Waals surface area contributed by atoms with E-state index in [2.05, 4.69) is 10.6 Å². The van der Waals surface area contributed by atoms with Gasteiger partial charge in [-0.25, -0.2) is 9.59 Å². The Morgan fingerprint density at radius 2 is 1.83 bits per heavy atom. The summed E-state index contributed by atoms with van der Waals surface area (Å²) in [7, 11) is 0. The maximum Gasteiger partial charge on any atom is 0.408 e. The fourth-order valence-corrected chi connectivity index (χ4v) is 1.85. The van der Waals surface area contributed by atoms with Crippen LogP contribution in [0, 0.1) is 0 Å². The predicted octanol–water partition coefficient (Wildman–Crippen LogP) is 1.67. The number of alkyl carbamates (subject to hydrolysis) is 1. The van der Waals surface area contributed by atoms with Crippen LogP contribution in [-0.2, 0) is 20.9 Å². The summed E-state index contributed by atoms with van der Waals surface area (Å²) in [4.78, 5) is 34.5. The molecule has 0 aliphatic carbocycles. The van der Waals surface area contributed by atoms with Crippen molar-refractivity contribution in [1.29, 1.82) is 0 Å². The summed E-state index contributed by atoms with van der Waals surface area (Å²) in [6.07, 6.45) is 0.212. The topological polar surface area (TPSA) is 105 Å². The highest BCUT2D eigenvalue weighted by atomic mass is 16.5. The lowest BCUT2D eigenvalue weighted by molar-refractivity contribution is -0.142. The van der Waals surface area contributed by atoms with Crippen molar-refractivity contribution >= 4 is 18.0 Å². The molecule has 7 heteroatoms. The zero-order chi connectivity index (χ0) is 17.2. The number of carbonyl (C=O) groups is 3. The van der Waals surface area contributed by atoms with E-state index in [-0.39, 0.29) is 6.61 Å². The van der Waals surface area contributed by atoms with Gasteiger partial charge in [0.2, 0.25) is 5.91 Å². The Hall–Kier alpha value is -2.57. The summed E-state index contributed by atoms with van der Waals surface area (Å²) in [6, 6.07) is 7.27. The molecule has 0 saturated carbocycles. The van der Waals surface area contributed by atoms with Crippen LogP contribution in [-0.4, -0.2) is 35.2 Å². The normalized spacial score (nSPS) is 12.8. The molecule has 0 heterocycles. The third-order valence-electron chi connectivity index (χ3n) is 3.13. The highest BCUT2D eigenvalue weighted by Crippen LogP contribution is 2.01. The van der Waals surface area contributed by atoms with Crippen LogP contribution in [0.1, 0.15) is 32.3 Å². The minimum absolute atomic E-state index is 0.0919. The second-order valence-electron chi connectivity index (χ2n) is 5.12. The van der Waals surface area contributed by atoms with E-state index < -0.39 is 30.1 Å². The number of nitrogens with one attached hydrogen (secondary N) is 2. The van der Waals surface area contributed by atoms with E-state index in [9.17, 15) is 14.4 Å². The van der Waals surface area contributed by atoms with Gasteiger partial charge in [0.25, 0.3) is 0 Å². The van der Waals surface area contributed by atoms with E-state index in [1.54, 1.807) is 0 Å². The Morgan fingerprint density at radius 3 is 2.39 bits per heavy atom. The molecule has 1 aromatic rings. The molecule has 0 radical (unpaired) electrons. The smallest absolute Gasteiger partial charge is 0.408 e. The van der Waals surface area contributed by atoms with Crippen molar-refractivity contribution in [2.45, 2.75) is 45.4 Å². The Kier molecular flexibility index (Phi) is 7.59. The van der Waals surface area contributed by atoms with Crippen molar-refractivity contribution in [2.75, 3.05) is 0 Å². The lowest BCUT2D eigenvalue weighted by Crippen LogP contribution is -2.50.